The van der Waals surface area contributed by atoms with Gasteiger partial charge >= 0.3 is 0 Å². The van der Waals surface area contributed by atoms with Gasteiger partial charge in [0.25, 0.3) is 5.91 Å². The molecule has 0 aromatic heterocycles. The molecule has 0 aliphatic heterocycles. The van der Waals surface area contributed by atoms with Gasteiger partial charge in [-0.15, -0.1) is 0 Å². The molecule has 3 aromatic carbocycles. The van der Waals surface area contributed by atoms with Crippen LogP contribution >= 0.6 is 0 Å². The summed E-state index contributed by atoms with van der Waals surface area (Å²) in [4.78, 5) is 12.8. The molecule has 1 saturated carbocycles. The molecule has 0 radical (unpaired) electrons. The van der Waals surface area contributed by atoms with E-state index in [0.717, 1.165) is 29.7 Å². The summed E-state index contributed by atoms with van der Waals surface area (Å²) in [7, 11) is -3.48. The lowest BCUT2D eigenvalue weighted by atomic mass is 10.2. The predicted molar refractivity (Wildman–Crippen MR) is 126 cm³/mol. The topological polar surface area (TPSA) is 78.5 Å². The van der Waals surface area contributed by atoms with Gasteiger partial charge in [0.2, 0.25) is 10.0 Å². The van der Waals surface area contributed by atoms with Crippen LogP contribution in [0.5, 0.6) is 0 Å². The average molecular weight is 448 g/mol. The van der Waals surface area contributed by atoms with Crippen LogP contribution < -0.4 is 15.2 Å². The van der Waals surface area contributed by atoms with Crippen molar-refractivity contribution < 1.29 is 13.2 Å². The highest BCUT2D eigenvalue weighted by Gasteiger charge is 2.27. The summed E-state index contributed by atoms with van der Waals surface area (Å²) in [6.07, 6.45) is 4.87. The summed E-state index contributed by atoms with van der Waals surface area (Å²) in [6.45, 7) is 0.519. The number of rotatable bonds is 9. The highest BCUT2D eigenvalue weighted by Crippen LogP contribution is 2.22. The van der Waals surface area contributed by atoms with Crippen LogP contribution in [0, 0.1) is 0 Å². The number of amides is 1. The van der Waals surface area contributed by atoms with Gasteiger partial charge in [-0.25, -0.2) is 13.1 Å². The van der Waals surface area contributed by atoms with Crippen LogP contribution in [0.25, 0.3) is 6.08 Å². The number of hydrazine groups is 1. The number of carbonyl (C=O) groups excluding carboxylic acids is 1. The molecule has 0 unspecified atom stereocenters. The Morgan fingerprint density at radius 2 is 1.53 bits per heavy atom. The van der Waals surface area contributed by atoms with Crippen LogP contribution in [0.2, 0.25) is 0 Å². The van der Waals surface area contributed by atoms with Gasteiger partial charge in [0.05, 0.1) is 17.1 Å². The molecular formula is C25H25N3O3S. The van der Waals surface area contributed by atoms with E-state index in [9.17, 15) is 13.2 Å². The molecule has 0 bridgehead atoms. The van der Waals surface area contributed by atoms with Crippen LogP contribution in [0.15, 0.2) is 95.9 Å². The number of carbonyl (C=O) groups is 1. The Morgan fingerprint density at radius 3 is 2.16 bits per heavy atom. The number of sulfonamides is 1. The van der Waals surface area contributed by atoms with E-state index in [4.69, 9.17) is 0 Å². The highest BCUT2D eigenvalue weighted by atomic mass is 32.2. The van der Waals surface area contributed by atoms with E-state index in [1.54, 1.807) is 35.4 Å². The van der Waals surface area contributed by atoms with E-state index in [1.165, 1.54) is 6.08 Å². The van der Waals surface area contributed by atoms with Crippen molar-refractivity contribution in [2.24, 2.45) is 0 Å². The van der Waals surface area contributed by atoms with Crippen molar-refractivity contribution in [2.45, 2.75) is 30.3 Å². The van der Waals surface area contributed by atoms with Crippen molar-refractivity contribution in [3.63, 3.8) is 0 Å². The maximum Gasteiger partial charge on any atom is 0.262 e. The van der Waals surface area contributed by atoms with E-state index in [2.05, 4.69) is 10.1 Å². The van der Waals surface area contributed by atoms with Gasteiger partial charge < -0.3 is 0 Å². The van der Waals surface area contributed by atoms with Gasteiger partial charge in [-0.05, 0) is 54.3 Å². The van der Waals surface area contributed by atoms with Gasteiger partial charge in [0, 0.05) is 12.1 Å². The van der Waals surface area contributed by atoms with Crippen LogP contribution in [0.1, 0.15) is 24.0 Å². The lowest BCUT2D eigenvalue weighted by Gasteiger charge is -2.25. The predicted octanol–water partition coefficient (Wildman–Crippen LogP) is 3.88. The maximum atomic E-state index is 12.6. The fourth-order valence-corrected chi connectivity index (χ4v) is 4.46. The van der Waals surface area contributed by atoms with Gasteiger partial charge in [0.15, 0.2) is 0 Å². The first kappa shape index (κ1) is 21.8. The Kier molecular flexibility index (Phi) is 6.68. The minimum Gasteiger partial charge on any atom is -0.281 e. The molecule has 6 nitrogen and oxygen atoms in total. The van der Waals surface area contributed by atoms with Crippen molar-refractivity contribution >= 4 is 27.7 Å². The Bertz CT molecular complexity index is 1170. The lowest BCUT2D eigenvalue weighted by Crippen LogP contribution is -2.41. The Labute approximate surface area is 188 Å². The fourth-order valence-electron chi connectivity index (χ4n) is 3.16. The van der Waals surface area contributed by atoms with Crippen molar-refractivity contribution in [1.82, 2.24) is 10.1 Å². The van der Waals surface area contributed by atoms with E-state index < -0.39 is 10.0 Å². The molecular weight excluding hydrogens is 422 g/mol. The molecule has 1 amide bonds. The zero-order valence-corrected chi connectivity index (χ0v) is 18.3. The summed E-state index contributed by atoms with van der Waals surface area (Å²) in [5, 5.41) is 1.79. The Morgan fingerprint density at radius 1 is 0.906 bits per heavy atom. The molecule has 1 fully saturated rings. The maximum absolute atomic E-state index is 12.6. The van der Waals surface area contributed by atoms with Crippen molar-refractivity contribution in [3.05, 3.63) is 102 Å². The molecule has 0 spiro atoms. The third-order valence-electron chi connectivity index (χ3n) is 5.01. The monoisotopic (exact) mass is 447 g/mol. The minimum absolute atomic E-state index is 0.0618. The minimum atomic E-state index is -3.48. The molecule has 0 heterocycles. The third-order valence-corrected chi connectivity index (χ3v) is 6.55. The summed E-state index contributed by atoms with van der Waals surface area (Å²) in [5.74, 6) is -0.281. The quantitative estimate of drug-likeness (QED) is 0.385. The van der Waals surface area contributed by atoms with E-state index in [-0.39, 0.29) is 16.8 Å². The summed E-state index contributed by atoms with van der Waals surface area (Å²) in [5.41, 5.74) is 5.59. The van der Waals surface area contributed by atoms with Crippen LogP contribution in [-0.2, 0) is 21.4 Å². The second-order valence-electron chi connectivity index (χ2n) is 7.68. The first-order valence-corrected chi connectivity index (χ1v) is 12.0. The summed E-state index contributed by atoms with van der Waals surface area (Å²) < 4.78 is 27.2. The summed E-state index contributed by atoms with van der Waals surface area (Å²) >= 11 is 0. The third kappa shape index (κ3) is 6.06. The van der Waals surface area contributed by atoms with E-state index in [0.29, 0.717) is 6.54 Å². The average Bonchev–Trinajstić information content (AvgIpc) is 3.62. The van der Waals surface area contributed by atoms with Gasteiger partial charge in [0.1, 0.15) is 0 Å². The molecule has 7 heteroatoms. The molecule has 164 valence electrons. The molecule has 2 N–H and O–H groups in total. The first-order valence-electron chi connectivity index (χ1n) is 10.5. The molecule has 1 aliphatic rings. The summed E-state index contributed by atoms with van der Waals surface area (Å²) in [6, 6.07) is 26.1. The molecule has 0 atom stereocenters. The number of hydrogen-bond donors (Lipinski definition) is 2. The Balaban J connectivity index is 1.42. The van der Waals surface area contributed by atoms with E-state index >= 15 is 0 Å². The number of para-hydroxylation sites is 1. The smallest absolute Gasteiger partial charge is 0.262 e. The SMILES string of the molecule is O=C(/C=C/c1ccc(S(=O)(=O)NC2CC2)cc1)NN(Cc1ccccc1)c1ccccc1. The normalized spacial score (nSPS) is 13.8. The van der Waals surface area contributed by atoms with Crippen molar-refractivity contribution in [3.8, 4) is 0 Å². The van der Waals surface area contributed by atoms with Crippen molar-refractivity contribution in [1.29, 1.82) is 0 Å². The number of nitrogens with one attached hydrogen (secondary N) is 2. The lowest BCUT2D eigenvalue weighted by molar-refractivity contribution is -0.116. The van der Waals surface area contributed by atoms with Crippen LogP contribution in [0.4, 0.5) is 5.69 Å². The number of nitrogens with zero attached hydrogens (tertiary/aromatic N) is 1. The Hall–Kier alpha value is -3.42. The zero-order chi connectivity index (χ0) is 22.4. The van der Waals surface area contributed by atoms with Crippen LogP contribution in [0.3, 0.4) is 0 Å². The second-order valence-corrected chi connectivity index (χ2v) is 9.40. The molecule has 32 heavy (non-hydrogen) atoms. The van der Waals surface area contributed by atoms with Gasteiger partial charge in [-0.1, -0.05) is 60.7 Å². The molecule has 4 rings (SSSR count). The standard InChI is InChI=1S/C25H25N3O3S/c29-25(18-13-20-11-16-24(17-12-20)32(30,31)27-22-14-15-22)26-28(23-9-5-2-6-10-23)19-21-7-3-1-4-8-21/h1-13,16-18,22,27H,14-15,19H2,(H,26,29)/b18-13+. The van der Waals surface area contributed by atoms with Crippen molar-refractivity contribution in [2.75, 3.05) is 5.01 Å². The largest absolute Gasteiger partial charge is 0.281 e. The van der Waals surface area contributed by atoms with Crippen LogP contribution in [-0.4, -0.2) is 20.4 Å². The van der Waals surface area contributed by atoms with Gasteiger partial charge in [-0.3, -0.25) is 15.2 Å². The second kappa shape index (κ2) is 9.80. The van der Waals surface area contributed by atoms with Gasteiger partial charge in [-0.2, -0.15) is 0 Å². The molecule has 0 saturated heterocycles. The highest BCUT2D eigenvalue weighted by molar-refractivity contribution is 7.89. The number of anilines is 1. The zero-order valence-electron chi connectivity index (χ0n) is 17.5. The number of hydrogen-bond acceptors (Lipinski definition) is 4. The molecule has 3 aromatic rings. The number of benzene rings is 3. The fraction of sp³-hybridized carbons (Fsp3) is 0.160. The van der Waals surface area contributed by atoms with E-state index in [1.807, 2.05) is 60.7 Å². The molecule has 1 aliphatic carbocycles. The first-order chi connectivity index (χ1) is 15.5.